The molecule has 1 amide bonds. The van der Waals surface area contributed by atoms with Crippen LogP contribution in [0.1, 0.15) is 0 Å². The number of hydrogen-bond donors (Lipinski definition) is 2. The van der Waals surface area contributed by atoms with Crippen molar-refractivity contribution < 1.29 is 18.0 Å². The molecule has 0 heterocycles. The second kappa shape index (κ2) is 6.49. The van der Waals surface area contributed by atoms with Crippen molar-refractivity contribution in [2.24, 2.45) is 0 Å². The minimum Gasteiger partial charge on any atom is -0.375 e. The van der Waals surface area contributed by atoms with E-state index in [0.29, 0.717) is 10.7 Å². The van der Waals surface area contributed by atoms with Gasteiger partial charge >= 0.3 is 0 Å². The molecule has 2 aromatic carbocycles. The quantitative estimate of drug-likeness (QED) is 0.843. The third kappa shape index (κ3) is 3.66. The zero-order valence-electron chi connectivity index (χ0n) is 10.6. The Bertz CT molecular complexity index is 679. The molecule has 21 heavy (non-hydrogen) atoms. The van der Waals surface area contributed by atoms with Crippen molar-refractivity contribution >= 4 is 28.9 Å². The molecule has 0 atom stereocenters. The number of benzene rings is 2. The van der Waals surface area contributed by atoms with E-state index in [4.69, 9.17) is 11.6 Å². The molecular weight excluding hydrogens is 305 g/mol. The van der Waals surface area contributed by atoms with Crippen LogP contribution in [0.3, 0.4) is 0 Å². The SMILES string of the molecule is O=C(CNc1ccccc1Cl)Nc1ccc(F)c(F)c1F. The summed E-state index contributed by atoms with van der Waals surface area (Å²) in [6, 6.07) is 8.42. The maximum atomic E-state index is 13.4. The number of carbonyl (C=O) groups is 1. The Balaban J connectivity index is 2.00. The fourth-order valence-electron chi connectivity index (χ4n) is 1.60. The van der Waals surface area contributed by atoms with Gasteiger partial charge in [-0.3, -0.25) is 4.79 Å². The maximum absolute atomic E-state index is 13.4. The number of rotatable bonds is 4. The van der Waals surface area contributed by atoms with Crippen molar-refractivity contribution in [1.29, 1.82) is 0 Å². The molecule has 110 valence electrons. The third-order valence-corrected chi connectivity index (χ3v) is 2.95. The molecule has 0 fully saturated rings. The van der Waals surface area contributed by atoms with E-state index < -0.39 is 29.0 Å². The van der Waals surface area contributed by atoms with Crippen LogP contribution in [0.5, 0.6) is 0 Å². The van der Waals surface area contributed by atoms with E-state index in [9.17, 15) is 18.0 Å². The highest BCUT2D eigenvalue weighted by atomic mass is 35.5. The van der Waals surface area contributed by atoms with Gasteiger partial charge in [-0.1, -0.05) is 23.7 Å². The van der Waals surface area contributed by atoms with Crippen LogP contribution >= 0.6 is 11.6 Å². The number of para-hydroxylation sites is 1. The monoisotopic (exact) mass is 314 g/mol. The average molecular weight is 315 g/mol. The number of carbonyl (C=O) groups excluding carboxylic acids is 1. The first-order valence-electron chi connectivity index (χ1n) is 5.91. The fraction of sp³-hybridized carbons (Fsp3) is 0.0714. The van der Waals surface area contributed by atoms with Gasteiger partial charge in [0.2, 0.25) is 5.91 Å². The first-order chi connectivity index (χ1) is 9.99. The largest absolute Gasteiger partial charge is 0.375 e. The van der Waals surface area contributed by atoms with Crippen LogP contribution in [0, 0.1) is 17.5 Å². The normalized spacial score (nSPS) is 10.3. The Hall–Kier alpha value is -2.21. The van der Waals surface area contributed by atoms with Crippen LogP contribution in [0.2, 0.25) is 5.02 Å². The zero-order chi connectivity index (χ0) is 15.4. The molecule has 0 radical (unpaired) electrons. The lowest BCUT2D eigenvalue weighted by Gasteiger charge is -2.10. The molecule has 0 aliphatic rings. The predicted molar refractivity (Wildman–Crippen MR) is 74.9 cm³/mol. The maximum Gasteiger partial charge on any atom is 0.243 e. The van der Waals surface area contributed by atoms with Crippen LogP contribution < -0.4 is 10.6 Å². The van der Waals surface area contributed by atoms with E-state index in [2.05, 4.69) is 10.6 Å². The van der Waals surface area contributed by atoms with Crippen LogP contribution in [-0.2, 0) is 4.79 Å². The summed E-state index contributed by atoms with van der Waals surface area (Å²) in [5.74, 6) is -5.02. The molecular formula is C14H10ClF3N2O. The van der Waals surface area contributed by atoms with Crippen molar-refractivity contribution in [3.8, 4) is 0 Å². The first-order valence-corrected chi connectivity index (χ1v) is 6.28. The molecule has 0 bridgehead atoms. The lowest BCUT2D eigenvalue weighted by molar-refractivity contribution is -0.114. The molecule has 3 nitrogen and oxygen atoms in total. The number of anilines is 2. The van der Waals surface area contributed by atoms with E-state index in [-0.39, 0.29) is 6.54 Å². The van der Waals surface area contributed by atoms with Crippen LogP contribution in [-0.4, -0.2) is 12.5 Å². The van der Waals surface area contributed by atoms with E-state index in [0.717, 1.165) is 12.1 Å². The molecule has 0 spiro atoms. The summed E-state index contributed by atoms with van der Waals surface area (Å²) in [6.07, 6.45) is 0. The summed E-state index contributed by atoms with van der Waals surface area (Å²) in [6.45, 7) is -0.206. The van der Waals surface area contributed by atoms with Crippen LogP contribution in [0.4, 0.5) is 24.5 Å². The summed E-state index contributed by atoms with van der Waals surface area (Å²) in [5.41, 5.74) is 0.0972. The molecule has 0 aliphatic heterocycles. The Labute approximate surface area is 123 Å². The van der Waals surface area contributed by atoms with Gasteiger partial charge in [0.15, 0.2) is 17.5 Å². The van der Waals surface area contributed by atoms with Crippen molar-refractivity contribution in [2.75, 3.05) is 17.2 Å². The molecule has 7 heteroatoms. The Morgan fingerprint density at radius 3 is 2.43 bits per heavy atom. The van der Waals surface area contributed by atoms with Crippen molar-refractivity contribution in [3.63, 3.8) is 0 Å². The van der Waals surface area contributed by atoms with E-state index >= 15 is 0 Å². The smallest absolute Gasteiger partial charge is 0.243 e. The minimum atomic E-state index is -1.63. The molecule has 2 N–H and O–H groups in total. The van der Waals surface area contributed by atoms with Gasteiger partial charge < -0.3 is 10.6 Å². The lowest BCUT2D eigenvalue weighted by Crippen LogP contribution is -2.22. The van der Waals surface area contributed by atoms with Crippen molar-refractivity contribution in [1.82, 2.24) is 0 Å². The van der Waals surface area contributed by atoms with E-state index in [1.165, 1.54) is 0 Å². The van der Waals surface area contributed by atoms with Gasteiger partial charge in [-0.2, -0.15) is 0 Å². The lowest BCUT2D eigenvalue weighted by atomic mass is 10.2. The van der Waals surface area contributed by atoms with Gasteiger partial charge in [0, 0.05) is 0 Å². The highest BCUT2D eigenvalue weighted by molar-refractivity contribution is 6.33. The van der Waals surface area contributed by atoms with E-state index in [1.54, 1.807) is 24.3 Å². The molecule has 0 unspecified atom stereocenters. The highest BCUT2D eigenvalue weighted by Gasteiger charge is 2.15. The number of amides is 1. The Kier molecular flexibility index (Phi) is 4.70. The van der Waals surface area contributed by atoms with Gasteiger partial charge in [0.25, 0.3) is 0 Å². The van der Waals surface area contributed by atoms with Gasteiger partial charge in [0.05, 0.1) is 22.9 Å². The van der Waals surface area contributed by atoms with Crippen LogP contribution in [0.15, 0.2) is 36.4 Å². The van der Waals surface area contributed by atoms with Gasteiger partial charge in [-0.25, -0.2) is 13.2 Å². The molecule has 2 aromatic rings. The summed E-state index contributed by atoms with van der Waals surface area (Å²) < 4.78 is 39.1. The predicted octanol–water partition coefficient (Wildman–Crippen LogP) is 3.81. The Morgan fingerprint density at radius 1 is 1.00 bits per heavy atom. The summed E-state index contributed by atoms with van der Waals surface area (Å²) in [7, 11) is 0. The second-order valence-corrected chi connectivity index (χ2v) is 4.51. The third-order valence-electron chi connectivity index (χ3n) is 2.62. The topological polar surface area (TPSA) is 41.1 Å². The van der Waals surface area contributed by atoms with Gasteiger partial charge in [-0.05, 0) is 24.3 Å². The highest BCUT2D eigenvalue weighted by Crippen LogP contribution is 2.21. The van der Waals surface area contributed by atoms with Crippen molar-refractivity contribution in [2.45, 2.75) is 0 Å². The zero-order valence-corrected chi connectivity index (χ0v) is 11.3. The Morgan fingerprint density at radius 2 is 1.71 bits per heavy atom. The number of nitrogens with one attached hydrogen (secondary N) is 2. The number of halogens is 4. The number of hydrogen-bond acceptors (Lipinski definition) is 2. The fourth-order valence-corrected chi connectivity index (χ4v) is 1.80. The van der Waals surface area contributed by atoms with Gasteiger partial charge in [0.1, 0.15) is 0 Å². The summed E-state index contributed by atoms with van der Waals surface area (Å²) in [5, 5.41) is 5.31. The molecule has 0 saturated carbocycles. The molecule has 2 rings (SSSR count). The summed E-state index contributed by atoms with van der Waals surface area (Å²) >= 11 is 5.89. The molecule has 0 aromatic heterocycles. The molecule has 0 aliphatic carbocycles. The summed E-state index contributed by atoms with van der Waals surface area (Å²) in [4.78, 5) is 11.6. The molecule has 0 saturated heterocycles. The van der Waals surface area contributed by atoms with Crippen molar-refractivity contribution in [3.05, 3.63) is 58.9 Å². The van der Waals surface area contributed by atoms with Crippen LogP contribution in [0.25, 0.3) is 0 Å². The van der Waals surface area contributed by atoms with Gasteiger partial charge in [-0.15, -0.1) is 0 Å². The second-order valence-electron chi connectivity index (χ2n) is 4.10. The van der Waals surface area contributed by atoms with E-state index in [1.807, 2.05) is 0 Å². The average Bonchev–Trinajstić information content (AvgIpc) is 2.47. The standard InChI is InChI=1S/C14H10ClF3N2O/c15-8-3-1-2-4-10(8)19-7-12(21)20-11-6-5-9(16)13(17)14(11)18/h1-6,19H,7H2,(H,20,21). The minimum absolute atomic E-state index is 0.206. The first kappa shape index (κ1) is 15.2.